The Morgan fingerprint density at radius 1 is 1.53 bits per heavy atom. The maximum absolute atomic E-state index is 11.5. The van der Waals surface area contributed by atoms with Crippen molar-refractivity contribution in [3.05, 3.63) is 33.3 Å². The third kappa shape index (κ3) is 2.45. The maximum atomic E-state index is 11.5. The Kier molecular flexibility index (Phi) is 4.03. The SMILES string of the molecule is CCOC(=O)c1ccc(Br)c(C=O)c1C. The van der Waals surface area contributed by atoms with Crippen LogP contribution >= 0.6 is 15.9 Å². The molecule has 0 aromatic heterocycles. The van der Waals surface area contributed by atoms with Crippen molar-refractivity contribution in [2.75, 3.05) is 6.61 Å². The van der Waals surface area contributed by atoms with Gasteiger partial charge in [-0.2, -0.15) is 0 Å². The molecule has 0 atom stereocenters. The molecule has 0 fully saturated rings. The Morgan fingerprint density at radius 3 is 2.73 bits per heavy atom. The fourth-order valence-corrected chi connectivity index (χ4v) is 1.79. The number of esters is 1. The Bertz CT molecular complexity index is 399. The highest BCUT2D eigenvalue weighted by Crippen LogP contribution is 2.22. The minimum Gasteiger partial charge on any atom is -0.462 e. The van der Waals surface area contributed by atoms with E-state index in [0.29, 0.717) is 27.8 Å². The van der Waals surface area contributed by atoms with Gasteiger partial charge in [0.2, 0.25) is 0 Å². The minimum absolute atomic E-state index is 0.324. The molecule has 15 heavy (non-hydrogen) atoms. The number of hydrogen-bond acceptors (Lipinski definition) is 3. The summed E-state index contributed by atoms with van der Waals surface area (Å²) in [4.78, 5) is 22.3. The number of aldehydes is 1. The van der Waals surface area contributed by atoms with Gasteiger partial charge >= 0.3 is 5.97 Å². The smallest absolute Gasteiger partial charge is 0.338 e. The number of ether oxygens (including phenoxy) is 1. The fraction of sp³-hybridized carbons (Fsp3) is 0.273. The minimum atomic E-state index is -0.398. The second-order valence-corrected chi connectivity index (χ2v) is 3.83. The van der Waals surface area contributed by atoms with Crippen molar-refractivity contribution in [3.8, 4) is 0 Å². The maximum Gasteiger partial charge on any atom is 0.338 e. The van der Waals surface area contributed by atoms with Crippen LogP contribution in [-0.2, 0) is 4.74 Å². The first-order valence-electron chi connectivity index (χ1n) is 4.53. The lowest BCUT2D eigenvalue weighted by Gasteiger charge is -2.08. The zero-order valence-electron chi connectivity index (χ0n) is 8.54. The summed E-state index contributed by atoms with van der Waals surface area (Å²) in [5.74, 6) is -0.398. The van der Waals surface area contributed by atoms with Crippen molar-refractivity contribution >= 4 is 28.2 Å². The number of benzene rings is 1. The van der Waals surface area contributed by atoms with Gasteiger partial charge in [0.1, 0.15) is 0 Å². The Morgan fingerprint density at radius 2 is 2.20 bits per heavy atom. The summed E-state index contributed by atoms with van der Waals surface area (Å²) in [6, 6.07) is 3.31. The van der Waals surface area contributed by atoms with Gasteiger partial charge in [0.15, 0.2) is 6.29 Å². The monoisotopic (exact) mass is 270 g/mol. The van der Waals surface area contributed by atoms with Crippen LogP contribution in [-0.4, -0.2) is 18.9 Å². The van der Waals surface area contributed by atoms with Crippen molar-refractivity contribution in [3.63, 3.8) is 0 Å². The standard InChI is InChI=1S/C11H11BrO3/c1-3-15-11(14)8-4-5-10(12)9(6-13)7(8)2/h4-6H,3H2,1-2H3. The van der Waals surface area contributed by atoms with Crippen LogP contribution in [0, 0.1) is 6.92 Å². The number of halogens is 1. The van der Waals surface area contributed by atoms with Crippen molar-refractivity contribution in [2.45, 2.75) is 13.8 Å². The zero-order valence-corrected chi connectivity index (χ0v) is 10.1. The summed E-state index contributed by atoms with van der Waals surface area (Å²) in [5.41, 5.74) is 1.56. The van der Waals surface area contributed by atoms with Gasteiger partial charge in [-0.05, 0) is 31.5 Å². The van der Waals surface area contributed by atoms with Crippen LogP contribution in [0.1, 0.15) is 33.2 Å². The molecule has 0 amide bonds. The highest BCUT2D eigenvalue weighted by molar-refractivity contribution is 9.10. The van der Waals surface area contributed by atoms with Crippen LogP contribution in [0.15, 0.2) is 16.6 Å². The van der Waals surface area contributed by atoms with E-state index >= 15 is 0 Å². The van der Waals surface area contributed by atoms with Gasteiger partial charge in [-0.1, -0.05) is 15.9 Å². The van der Waals surface area contributed by atoms with Crippen LogP contribution in [0.3, 0.4) is 0 Å². The Labute approximate surface area is 96.6 Å². The highest BCUT2D eigenvalue weighted by atomic mass is 79.9. The van der Waals surface area contributed by atoms with E-state index in [2.05, 4.69) is 15.9 Å². The molecule has 1 aromatic carbocycles. The lowest BCUT2D eigenvalue weighted by molar-refractivity contribution is 0.0525. The molecule has 0 heterocycles. The first-order valence-corrected chi connectivity index (χ1v) is 5.32. The quantitative estimate of drug-likeness (QED) is 0.627. The predicted octanol–water partition coefficient (Wildman–Crippen LogP) is 2.75. The van der Waals surface area contributed by atoms with Crippen molar-refractivity contribution in [2.24, 2.45) is 0 Å². The first-order chi connectivity index (χ1) is 7.11. The number of hydrogen-bond donors (Lipinski definition) is 0. The molecule has 80 valence electrons. The van der Waals surface area contributed by atoms with E-state index in [0.717, 1.165) is 6.29 Å². The molecule has 0 aliphatic carbocycles. The summed E-state index contributed by atoms with van der Waals surface area (Å²) in [7, 11) is 0. The van der Waals surface area contributed by atoms with E-state index in [9.17, 15) is 9.59 Å². The Hall–Kier alpha value is -1.16. The van der Waals surface area contributed by atoms with E-state index in [1.165, 1.54) is 0 Å². The van der Waals surface area contributed by atoms with Crippen LogP contribution < -0.4 is 0 Å². The van der Waals surface area contributed by atoms with Crippen LogP contribution in [0.5, 0.6) is 0 Å². The van der Waals surface area contributed by atoms with Gasteiger partial charge in [0.05, 0.1) is 12.2 Å². The average Bonchev–Trinajstić information content (AvgIpc) is 2.18. The lowest BCUT2D eigenvalue weighted by atomic mass is 10.0. The summed E-state index contributed by atoms with van der Waals surface area (Å²) >= 11 is 3.25. The molecule has 0 saturated heterocycles. The number of rotatable bonds is 3. The lowest BCUT2D eigenvalue weighted by Crippen LogP contribution is -2.08. The van der Waals surface area contributed by atoms with E-state index in [4.69, 9.17) is 4.74 Å². The van der Waals surface area contributed by atoms with Gasteiger partial charge in [-0.3, -0.25) is 4.79 Å². The summed E-state index contributed by atoms with van der Waals surface area (Å²) in [5, 5.41) is 0. The van der Waals surface area contributed by atoms with E-state index in [1.807, 2.05) is 0 Å². The third-order valence-corrected chi connectivity index (χ3v) is 2.77. The molecule has 0 aliphatic rings. The third-order valence-electron chi connectivity index (χ3n) is 2.07. The molecule has 0 unspecified atom stereocenters. The van der Waals surface area contributed by atoms with Crippen molar-refractivity contribution in [1.82, 2.24) is 0 Å². The zero-order chi connectivity index (χ0) is 11.4. The second-order valence-electron chi connectivity index (χ2n) is 2.97. The molecule has 1 rings (SSSR count). The number of carbonyl (C=O) groups excluding carboxylic acids is 2. The molecule has 0 saturated carbocycles. The van der Waals surface area contributed by atoms with E-state index in [-0.39, 0.29) is 0 Å². The van der Waals surface area contributed by atoms with E-state index < -0.39 is 5.97 Å². The van der Waals surface area contributed by atoms with Crippen LogP contribution in [0.4, 0.5) is 0 Å². The molecule has 4 heteroatoms. The molecule has 0 aliphatic heterocycles. The molecule has 0 N–H and O–H groups in total. The number of carbonyl (C=O) groups is 2. The van der Waals surface area contributed by atoms with Gasteiger partial charge < -0.3 is 4.74 Å². The molecular formula is C11H11BrO3. The largest absolute Gasteiger partial charge is 0.462 e. The van der Waals surface area contributed by atoms with Crippen molar-refractivity contribution in [1.29, 1.82) is 0 Å². The summed E-state index contributed by atoms with van der Waals surface area (Å²) in [6.07, 6.45) is 0.724. The summed E-state index contributed by atoms with van der Waals surface area (Å²) in [6.45, 7) is 3.79. The average molecular weight is 271 g/mol. The molecule has 0 radical (unpaired) electrons. The van der Waals surface area contributed by atoms with E-state index in [1.54, 1.807) is 26.0 Å². The molecule has 1 aromatic rings. The van der Waals surface area contributed by atoms with Crippen LogP contribution in [0.25, 0.3) is 0 Å². The second kappa shape index (κ2) is 5.07. The fourth-order valence-electron chi connectivity index (χ4n) is 1.27. The first kappa shape index (κ1) is 11.9. The molecular weight excluding hydrogens is 260 g/mol. The normalized spacial score (nSPS) is 9.80. The van der Waals surface area contributed by atoms with Gasteiger partial charge in [0, 0.05) is 10.0 Å². The predicted molar refractivity (Wildman–Crippen MR) is 60.2 cm³/mol. The topological polar surface area (TPSA) is 43.4 Å². The van der Waals surface area contributed by atoms with Gasteiger partial charge in [-0.15, -0.1) is 0 Å². The van der Waals surface area contributed by atoms with Gasteiger partial charge in [0.25, 0.3) is 0 Å². The molecule has 0 spiro atoms. The summed E-state index contributed by atoms with van der Waals surface area (Å²) < 4.78 is 5.56. The molecule has 3 nitrogen and oxygen atoms in total. The van der Waals surface area contributed by atoms with Crippen LogP contribution in [0.2, 0.25) is 0 Å². The van der Waals surface area contributed by atoms with Gasteiger partial charge in [-0.25, -0.2) is 4.79 Å². The highest BCUT2D eigenvalue weighted by Gasteiger charge is 2.14. The van der Waals surface area contributed by atoms with Crippen molar-refractivity contribution < 1.29 is 14.3 Å². The Balaban J connectivity index is 3.21. The molecule has 0 bridgehead atoms.